The smallest absolute Gasteiger partial charge is 0.243 e. The maximum atomic E-state index is 14.1. The Morgan fingerprint density at radius 2 is 1.56 bits per heavy atom. The molecule has 3 heterocycles. The summed E-state index contributed by atoms with van der Waals surface area (Å²) in [5.74, 6) is -2.08. The van der Waals surface area contributed by atoms with Gasteiger partial charge in [-0.25, -0.2) is 4.68 Å². The standard InChI is InChI=1S/C39H47N9O6/c1-25(40-3)35(49)44-34-22-30-24-48(47-46-30)18-19-54-31-16-14-28(15-17-31)21-32(37(51)41-23-29-12-8-5-9-13-29)45-39(53)33(20-27-10-6-4-7-11-27)43-36(50)26(2)42-38(34)52/h4-17,24-26,32-34,40H,18-23H2,1-3H3,(H,41,51)(H,42,52)(H,43,50)(H,44,49)(H,45,53)/t25-,26-,32-,33-,34-/m0/s1. The fraction of sp³-hybridized carbons (Fsp3) is 0.359. The van der Waals surface area contributed by atoms with Gasteiger partial charge in [-0.05, 0) is 49.7 Å². The number of fused-ring (bicyclic) bond motifs is 15. The average Bonchev–Trinajstić information content (AvgIpc) is 3.63. The summed E-state index contributed by atoms with van der Waals surface area (Å²) in [5, 5.41) is 25.2. The van der Waals surface area contributed by atoms with Crippen molar-refractivity contribution < 1.29 is 28.7 Å². The fourth-order valence-corrected chi connectivity index (χ4v) is 5.73. The van der Waals surface area contributed by atoms with Gasteiger partial charge in [-0.2, -0.15) is 0 Å². The molecule has 284 valence electrons. The number of nitrogens with one attached hydrogen (secondary N) is 6. The number of carbonyl (C=O) groups excluding carboxylic acids is 5. The molecule has 15 heteroatoms. The summed E-state index contributed by atoms with van der Waals surface area (Å²) in [4.78, 5) is 67.9. The maximum absolute atomic E-state index is 14.1. The minimum absolute atomic E-state index is 0.00255. The Labute approximate surface area is 314 Å². The van der Waals surface area contributed by atoms with Gasteiger partial charge < -0.3 is 36.6 Å². The van der Waals surface area contributed by atoms with Gasteiger partial charge in [0.05, 0.1) is 18.3 Å². The van der Waals surface area contributed by atoms with Gasteiger partial charge in [-0.1, -0.05) is 78.0 Å². The predicted octanol–water partition coefficient (Wildman–Crippen LogP) is 0.582. The largest absolute Gasteiger partial charge is 0.492 e. The number of carbonyl (C=O) groups is 5. The maximum Gasteiger partial charge on any atom is 0.243 e. The van der Waals surface area contributed by atoms with E-state index in [9.17, 15) is 24.0 Å². The molecule has 6 rings (SSSR count). The van der Waals surface area contributed by atoms with Gasteiger partial charge >= 0.3 is 0 Å². The molecule has 0 unspecified atom stereocenters. The number of hydrogen-bond acceptors (Lipinski definition) is 9. The molecule has 4 aromatic rings. The Bertz CT molecular complexity index is 1870. The van der Waals surface area contributed by atoms with Crippen LogP contribution in [0.2, 0.25) is 0 Å². The van der Waals surface area contributed by atoms with E-state index in [2.05, 4.69) is 42.2 Å². The highest BCUT2D eigenvalue weighted by Crippen LogP contribution is 2.15. The van der Waals surface area contributed by atoms with Gasteiger partial charge in [0.1, 0.15) is 36.5 Å². The van der Waals surface area contributed by atoms with Gasteiger partial charge in [0, 0.05) is 32.0 Å². The van der Waals surface area contributed by atoms with Gasteiger partial charge in [0.2, 0.25) is 29.5 Å². The summed E-state index contributed by atoms with van der Waals surface area (Å²) in [5.41, 5.74) is 2.88. The zero-order valence-electron chi connectivity index (χ0n) is 30.6. The monoisotopic (exact) mass is 737 g/mol. The molecule has 4 bridgehead atoms. The first-order valence-electron chi connectivity index (χ1n) is 17.9. The highest BCUT2D eigenvalue weighted by atomic mass is 16.5. The van der Waals surface area contributed by atoms with Crippen molar-refractivity contribution in [1.29, 1.82) is 0 Å². The number of aromatic nitrogens is 3. The van der Waals surface area contributed by atoms with Crippen LogP contribution in [0.25, 0.3) is 0 Å². The second-order valence-corrected chi connectivity index (χ2v) is 13.2. The van der Waals surface area contributed by atoms with Crippen molar-refractivity contribution in [2.45, 2.75) is 76.4 Å². The van der Waals surface area contributed by atoms with Crippen LogP contribution in [0.4, 0.5) is 0 Å². The molecule has 15 nitrogen and oxygen atoms in total. The van der Waals surface area contributed by atoms with Crippen LogP contribution in [0.15, 0.2) is 91.1 Å². The van der Waals surface area contributed by atoms with Gasteiger partial charge in [0.15, 0.2) is 0 Å². The van der Waals surface area contributed by atoms with Crippen LogP contribution in [-0.4, -0.2) is 88.4 Å². The molecule has 5 atom stereocenters. The summed E-state index contributed by atoms with van der Waals surface area (Å²) in [6.07, 6.45) is 1.93. The minimum atomic E-state index is -1.11. The number of amides is 5. The lowest BCUT2D eigenvalue weighted by atomic mass is 10.0. The highest BCUT2D eigenvalue weighted by molar-refractivity contribution is 5.96. The average molecular weight is 738 g/mol. The molecule has 54 heavy (non-hydrogen) atoms. The van der Waals surface area contributed by atoms with Crippen molar-refractivity contribution in [3.05, 3.63) is 114 Å². The first kappa shape index (κ1) is 39.1. The molecule has 0 spiro atoms. The second-order valence-electron chi connectivity index (χ2n) is 13.2. The molecule has 5 amide bonds. The first-order chi connectivity index (χ1) is 26.1. The molecule has 0 radical (unpaired) electrons. The lowest BCUT2D eigenvalue weighted by Crippen LogP contribution is -2.59. The molecule has 0 saturated heterocycles. The van der Waals surface area contributed by atoms with Crippen molar-refractivity contribution >= 4 is 29.5 Å². The van der Waals surface area contributed by atoms with E-state index >= 15 is 0 Å². The number of rotatable bonds is 8. The molecule has 3 aromatic carbocycles. The minimum Gasteiger partial charge on any atom is -0.492 e. The Morgan fingerprint density at radius 1 is 0.870 bits per heavy atom. The molecule has 0 fully saturated rings. The molecule has 2 aliphatic heterocycles. The fourth-order valence-electron chi connectivity index (χ4n) is 5.73. The molecular formula is C39H47N9O6. The zero-order chi connectivity index (χ0) is 38.5. The SMILES string of the molecule is CN[C@@H](C)C(=O)N[C@H]1Cc2cn(nn2)CCOc2ccc(cc2)C[C@@H](C(=O)NCc2ccccc2)NC(=O)[C@H](Cc2ccccc2)NC(=O)[C@H](C)NC1=O. The third-order valence-electron chi connectivity index (χ3n) is 9.02. The van der Waals surface area contributed by atoms with Crippen molar-refractivity contribution in [2.24, 2.45) is 0 Å². The Kier molecular flexibility index (Phi) is 13.9. The number of hydrogen-bond donors (Lipinski definition) is 6. The van der Waals surface area contributed by atoms with Crippen molar-refractivity contribution in [1.82, 2.24) is 46.9 Å². The van der Waals surface area contributed by atoms with E-state index in [0.29, 0.717) is 18.0 Å². The first-order valence-corrected chi connectivity index (χ1v) is 17.9. The summed E-state index contributed by atoms with van der Waals surface area (Å²) in [7, 11) is 1.62. The number of ether oxygens (including phenoxy) is 1. The third-order valence-corrected chi connectivity index (χ3v) is 9.02. The Balaban J connectivity index is 1.43. The quantitative estimate of drug-likeness (QED) is 0.140. The second kappa shape index (κ2) is 19.1. The Hall–Kier alpha value is -6.09. The van der Waals surface area contributed by atoms with Crippen molar-refractivity contribution in [3.8, 4) is 5.75 Å². The van der Waals surface area contributed by atoms with Crippen molar-refractivity contribution in [2.75, 3.05) is 13.7 Å². The highest BCUT2D eigenvalue weighted by Gasteiger charge is 2.31. The van der Waals surface area contributed by atoms with Crippen LogP contribution >= 0.6 is 0 Å². The van der Waals surface area contributed by atoms with Crippen LogP contribution in [-0.2, 0) is 56.3 Å². The van der Waals surface area contributed by atoms with Crippen LogP contribution in [0.3, 0.4) is 0 Å². The van der Waals surface area contributed by atoms with E-state index < -0.39 is 59.7 Å². The van der Waals surface area contributed by atoms with E-state index in [-0.39, 0.29) is 32.4 Å². The van der Waals surface area contributed by atoms with Crippen molar-refractivity contribution in [3.63, 3.8) is 0 Å². The lowest BCUT2D eigenvalue weighted by molar-refractivity contribution is -0.134. The van der Waals surface area contributed by atoms with Crippen LogP contribution < -0.4 is 36.6 Å². The number of likely N-dealkylation sites (N-methyl/N-ethyl adjacent to an activating group) is 1. The van der Waals surface area contributed by atoms with E-state index in [4.69, 9.17) is 4.74 Å². The lowest BCUT2D eigenvalue weighted by Gasteiger charge is -2.26. The topological polar surface area (TPSA) is 197 Å². The summed E-state index contributed by atoms with van der Waals surface area (Å²) >= 11 is 0. The van der Waals surface area contributed by atoms with E-state index in [1.807, 2.05) is 72.8 Å². The van der Waals surface area contributed by atoms with E-state index in [1.54, 1.807) is 37.0 Å². The Morgan fingerprint density at radius 3 is 2.24 bits per heavy atom. The van der Waals surface area contributed by atoms with Gasteiger partial charge in [0.25, 0.3) is 0 Å². The summed E-state index contributed by atoms with van der Waals surface area (Å²) in [6.45, 7) is 4.00. The molecule has 6 N–H and O–H groups in total. The van der Waals surface area contributed by atoms with Crippen LogP contribution in [0.5, 0.6) is 5.75 Å². The molecule has 0 aliphatic carbocycles. The van der Waals surface area contributed by atoms with Gasteiger partial charge in [-0.15, -0.1) is 5.10 Å². The molecule has 1 aromatic heterocycles. The number of nitrogens with zero attached hydrogens (tertiary/aromatic N) is 3. The normalized spacial score (nSPS) is 20.5. The number of benzene rings is 3. The van der Waals surface area contributed by atoms with Gasteiger partial charge in [-0.3, -0.25) is 24.0 Å². The summed E-state index contributed by atoms with van der Waals surface area (Å²) < 4.78 is 7.51. The third kappa shape index (κ3) is 11.5. The molecule has 2 aliphatic rings. The summed E-state index contributed by atoms with van der Waals surface area (Å²) in [6, 6.07) is 20.9. The van der Waals surface area contributed by atoms with E-state index in [1.165, 1.54) is 6.92 Å². The van der Waals surface area contributed by atoms with Crippen LogP contribution in [0, 0.1) is 0 Å². The predicted molar refractivity (Wildman–Crippen MR) is 200 cm³/mol. The van der Waals surface area contributed by atoms with E-state index in [0.717, 1.165) is 16.7 Å². The van der Waals surface area contributed by atoms with Crippen LogP contribution in [0.1, 0.15) is 36.2 Å². The zero-order valence-corrected chi connectivity index (χ0v) is 30.6. The molecular weight excluding hydrogens is 690 g/mol. The molecule has 0 saturated carbocycles.